The molecule has 0 aromatic carbocycles. The number of hydrogen-bond donors (Lipinski definition) is 1. The Hall–Kier alpha value is -1.49. The number of fused-ring (bicyclic) bond motifs is 5. The molecule has 3 saturated carbocycles. The summed E-state index contributed by atoms with van der Waals surface area (Å²) < 4.78 is 5.78. The van der Waals surface area contributed by atoms with Crippen molar-refractivity contribution < 1.29 is 24.2 Å². The quantitative estimate of drug-likeness (QED) is 0.714. The Kier molecular flexibility index (Phi) is 4.66. The molecule has 0 aromatic rings. The zero-order valence-electron chi connectivity index (χ0n) is 18.3. The summed E-state index contributed by atoms with van der Waals surface area (Å²) >= 11 is 0. The predicted molar refractivity (Wildman–Crippen MR) is 108 cm³/mol. The molecule has 0 bridgehead atoms. The number of Topliss-reactive ketones (excluding diaryl/α,β-unsaturated/α-hetero) is 1. The molecule has 160 valence electrons. The average Bonchev–Trinajstić information content (AvgIpc) is 2.89. The summed E-state index contributed by atoms with van der Waals surface area (Å²) in [5.41, 5.74) is -0.682. The van der Waals surface area contributed by atoms with E-state index in [9.17, 15) is 19.5 Å². The van der Waals surface area contributed by atoms with Crippen molar-refractivity contribution in [2.24, 2.45) is 34.5 Å². The number of ether oxygens (including phenoxy) is 1. The molecule has 4 aliphatic carbocycles. The van der Waals surface area contributed by atoms with Crippen molar-refractivity contribution in [3.8, 4) is 0 Å². The van der Waals surface area contributed by atoms with Crippen molar-refractivity contribution in [3.05, 3.63) is 11.6 Å². The van der Waals surface area contributed by atoms with Gasteiger partial charge in [0.05, 0.1) is 6.10 Å². The minimum Gasteiger partial charge on any atom is -0.451 e. The largest absolute Gasteiger partial charge is 0.451 e. The van der Waals surface area contributed by atoms with Crippen LogP contribution in [0.25, 0.3) is 0 Å². The van der Waals surface area contributed by atoms with Gasteiger partial charge >= 0.3 is 5.97 Å². The molecule has 5 nitrogen and oxygen atoms in total. The van der Waals surface area contributed by atoms with Gasteiger partial charge in [0, 0.05) is 18.8 Å². The van der Waals surface area contributed by atoms with Gasteiger partial charge in [-0.1, -0.05) is 26.3 Å². The first-order valence-electron chi connectivity index (χ1n) is 11.1. The summed E-state index contributed by atoms with van der Waals surface area (Å²) in [6.07, 6.45) is 5.31. The molecule has 0 saturated heterocycles. The number of esters is 1. The minimum atomic E-state index is -1.14. The predicted octanol–water partition coefficient (Wildman–Crippen LogP) is 3.63. The molecule has 8 atom stereocenters. The Morgan fingerprint density at radius 2 is 1.90 bits per heavy atom. The minimum absolute atomic E-state index is 0.0798. The van der Waals surface area contributed by atoms with Crippen molar-refractivity contribution in [1.82, 2.24) is 0 Å². The van der Waals surface area contributed by atoms with Crippen molar-refractivity contribution in [2.75, 3.05) is 0 Å². The van der Waals surface area contributed by atoms with Crippen LogP contribution in [0.4, 0.5) is 0 Å². The standard InChI is InChI=1S/C24H34O5/c1-13-10-17-18-7-9-24(14(2)25,29-15(3)26)23(18,5)12-20(28)21(17)22(4)8-6-16(27)11-19(13)22/h11,13,17-18,20-21,28H,6-10,12H2,1-5H3/t13-,17-,18-,20-,21+,22-,23-,24-/m0/s1. The molecule has 0 spiro atoms. The summed E-state index contributed by atoms with van der Waals surface area (Å²) in [4.78, 5) is 36.9. The van der Waals surface area contributed by atoms with E-state index in [0.29, 0.717) is 19.3 Å². The lowest BCUT2D eigenvalue weighted by Crippen LogP contribution is -2.63. The second-order valence-electron chi connectivity index (χ2n) is 10.6. The van der Waals surface area contributed by atoms with Crippen LogP contribution in [0.15, 0.2) is 11.6 Å². The van der Waals surface area contributed by atoms with Gasteiger partial charge in [0.15, 0.2) is 17.2 Å². The lowest BCUT2D eigenvalue weighted by atomic mass is 9.44. The maximum absolute atomic E-state index is 12.8. The molecular weight excluding hydrogens is 368 g/mol. The number of carbonyl (C=O) groups is 3. The van der Waals surface area contributed by atoms with Gasteiger partial charge in [-0.25, -0.2) is 0 Å². The Morgan fingerprint density at radius 1 is 1.21 bits per heavy atom. The first-order valence-corrected chi connectivity index (χ1v) is 11.1. The SMILES string of the molecule is CC(=O)O[C@]1(C(C)=O)CC[C@H]2[C@@H]3C[C@H](C)C4=CC(=O)CC[C@]4(C)[C@H]3[C@@H](O)C[C@@]21C. The van der Waals surface area contributed by atoms with Crippen LogP contribution in [0, 0.1) is 34.5 Å². The van der Waals surface area contributed by atoms with E-state index < -0.39 is 23.1 Å². The van der Waals surface area contributed by atoms with Crippen LogP contribution in [-0.2, 0) is 19.1 Å². The van der Waals surface area contributed by atoms with Crippen molar-refractivity contribution in [3.63, 3.8) is 0 Å². The molecule has 0 aliphatic heterocycles. The highest BCUT2D eigenvalue weighted by atomic mass is 16.6. The van der Waals surface area contributed by atoms with E-state index >= 15 is 0 Å². The summed E-state index contributed by atoms with van der Waals surface area (Å²) in [5, 5.41) is 11.5. The fourth-order valence-corrected chi connectivity index (χ4v) is 8.17. The van der Waals surface area contributed by atoms with E-state index in [1.54, 1.807) is 0 Å². The number of ketones is 2. The zero-order valence-corrected chi connectivity index (χ0v) is 18.3. The van der Waals surface area contributed by atoms with Crippen LogP contribution in [-0.4, -0.2) is 34.3 Å². The molecule has 0 unspecified atom stereocenters. The van der Waals surface area contributed by atoms with Crippen molar-refractivity contribution in [2.45, 2.75) is 84.8 Å². The third kappa shape index (κ3) is 2.65. The second-order valence-corrected chi connectivity index (χ2v) is 10.6. The van der Waals surface area contributed by atoms with E-state index in [4.69, 9.17) is 4.74 Å². The molecule has 0 amide bonds. The van der Waals surface area contributed by atoms with E-state index in [-0.39, 0.29) is 40.7 Å². The maximum Gasteiger partial charge on any atom is 0.303 e. The Morgan fingerprint density at radius 3 is 2.52 bits per heavy atom. The molecule has 1 N–H and O–H groups in total. The van der Waals surface area contributed by atoms with E-state index in [1.807, 2.05) is 6.08 Å². The molecule has 4 rings (SSSR count). The summed E-state index contributed by atoms with van der Waals surface area (Å²) in [6.45, 7) is 9.36. The van der Waals surface area contributed by atoms with E-state index in [2.05, 4.69) is 20.8 Å². The molecule has 0 heterocycles. The number of aliphatic hydroxyl groups excluding tert-OH is 1. The van der Waals surface area contributed by atoms with Gasteiger partial charge in [-0.05, 0) is 74.2 Å². The van der Waals surface area contributed by atoms with Crippen LogP contribution >= 0.6 is 0 Å². The molecule has 29 heavy (non-hydrogen) atoms. The van der Waals surface area contributed by atoms with Crippen LogP contribution in [0.5, 0.6) is 0 Å². The monoisotopic (exact) mass is 402 g/mol. The highest BCUT2D eigenvalue weighted by molar-refractivity contribution is 5.92. The number of rotatable bonds is 2. The summed E-state index contributed by atoms with van der Waals surface area (Å²) in [5.74, 6) is 0.492. The van der Waals surface area contributed by atoms with Crippen LogP contribution in [0.1, 0.15) is 73.1 Å². The van der Waals surface area contributed by atoms with E-state index in [0.717, 1.165) is 19.3 Å². The van der Waals surface area contributed by atoms with Gasteiger partial charge in [-0.2, -0.15) is 0 Å². The first-order chi connectivity index (χ1) is 13.5. The smallest absolute Gasteiger partial charge is 0.303 e. The number of aliphatic hydroxyl groups is 1. The first kappa shape index (κ1) is 20.8. The topological polar surface area (TPSA) is 80.7 Å². The maximum atomic E-state index is 12.8. The van der Waals surface area contributed by atoms with Crippen LogP contribution in [0.3, 0.4) is 0 Å². The summed E-state index contributed by atoms with van der Waals surface area (Å²) in [7, 11) is 0. The molecular formula is C24H34O5. The van der Waals surface area contributed by atoms with Gasteiger partial charge < -0.3 is 9.84 Å². The van der Waals surface area contributed by atoms with Crippen molar-refractivity contribution >= 4 is 17.5 Å². The van der Waals surface area contributed by atoms with E-state index in [1.165, 1.54) is 19.4 Å². The lowest BCUT2D eigenvalue weighted by molar-refractivity contribution is -0.200. The van der Waals surface area contributed by atoms with Gasteiger partial charge in [-0.15, -0.1) is 0 Å². The van der Waals surface area contributed by atoms with Crippen molar-refractivity contribution in [1.29, 1.82) is 0 Å². The molecule has 0 aromatic heterocycles. The Bertz CT molecular complexity index is 799. The molecule has 5 heteroatoms. The number of hydrogen-bond acceptors (Lipinski definition) is 5. The van der Waals surface area contributed by atoms with Gasteiger partial charge in [0.25, 0.3) is 0 Å². The fourth-order valence-electron chi connectivity index (χ4n) is 8.17. The number of carbonyl (C=O) groups excluding carboxylic acids is 3. The third-order valence-electron chi connectivity index (χ3n) is 9.22. The normalized spacial score (nSPS) is 48.8. The highest BCUT2D eigenvalue weighted by Crippen LogP contribution is 2.69. The fraction of sp³-hybridized carbons (Fsp3) is 0.792. The van der Waals surface area contributed by atoms with Gasteiger partial charge in [0.2, 0.25) is 0 Å². The average molecular weight is 403 g/mol. The second kappa shape index (κ2) is 6.50. The highest BCUT2D eigenvalue weighted by Gasteiger charge is 2.70. The Labute approximate surface area is 173 Å². The summed E-state index contributed by atoms with van der Waals surface area (Å²) in [6, 6.07) is 0. The van der Waals surface area contributed by atoms with Gasteiger partial charge in [0.1, 0.15) is 0 Å². The zero-order chi connectivity index (χ0) is 21.4. The van der Waals surface area contributed by atoms with Crippen LogP contribution < -0.4 is 0 Å². The Balaban J connectivity index is 1.79. The number of allylic oxidation sites excluding steroid dienone is 1. The lowest BCUT2D eigenvalue weighted by Gasteiger charge is -2.61. The molecule has 0 radical (unpaired) electrons. The third-order valence-corrected chi connectivity index (χ3v) is 9.22. The molecule has 4 aliphatic rings. The molecule has 3 fully saturated rings. The van der Waals surface area contributed by atoms with Crippen LogP contribution in [0.2, 0.25) is 0 Å². The van der Waals surface area contributed by atoms with Gasteiger partial charge in [-0.3, -0.25) is 14.4 Å².